The maximum atomic E-state index is 12.1. The van der Waals surface area contributed by atoms with Crippen LogP contribution in [0.4, 0.5) is 0 Å². The SMILES string of the molecule is CCCC(CCNS(=O)(=O)N1CCCCC1)CCC(=O)O. The molecule has 0 radical (unpaired) electrons. The molecule has 0 bridgehead atoms. The summed E-state index contributed by atoms with van der Waals surface area (Å²) in [6.07, 6.45) is 6.37. The van der Waals surface area contributed by atoms with Crippen molar-refractivity contribution >= 4 is 16.2 Å². The number of nitrogens with one attached hydrogen (secondary N) is 1. The minimum absolute atomic E-state index is 0.156. The van der Waals surface area contributed by atoms with Crippen LogP contribution in [0.15, 0.2) is 0 Å². The molecule has 1 aliphatic heterocycles. The first kappa shape index (κ1) is 18.4. The van der Waals surface area contributed by atoms with Crippen molar-refractivity contribution in [2.75, 3.05) is 19.6 Å². The van der Waals surface area contributed by atoms with Crippen LogP contribution in [0, 0.1) is 5.92 Å². The molecule has 1 saturated heterocycles. The summed E-state index contributed by atoms with van der Waals surface area (Å²) in [5, 5.41) is 8.74. The Morgan fingerprint density at radius 3 is 2.43 bits per heavy atom. The van der Waals surface area contributed by atoms with Crippen molar-refractivity contribution in [3.05, 3.63) is 0 Å². The molecule has 0 aromatic heterocycles. The van der Waals surface area contributed by atoms with Crippen LogP contribution >= 0.6 is 0 Å². The number of carboxylic acid groups (broad SMARTS) is 1. The van der Waals surface area contributed by atoms with Gasteiger partial charge in [0.15, 0.2) is 0 Å². The van der Waals surface area contributed by atoms with Gasteiger partial charge in [0.05, 0.1) is 0 Å². The third-order valence-corrected chi connectivity index (χ3v) is 5.57. The molecule has 1 unspecified atom stereocenters. The Morgan fingerprint density at radius 2 is 1.86 bits per heavy atom. The molecule has 1 aliphatic rings. The van der Waals surface area contributed by atoms with Gasteiger partial charge in [-0.25, -0.2) is 4.72 Å². The number of hydrogen-bond acceptors (Lipinski definition) is 3. The first-order valence-electron chi connectivity index (χ1n) is 7.92. The molecule has 0 saturated carbocycles. The topological polar surface area (TPSA) is 86.7 Å². The maximum absolute atomic E-state index is 12.1. The lowest BCUT2D eigenvalue weighted by atomic mass is 9.95. The lowest BCUT2D eigenvalue weighted by Gasteiger charge is -2.26. The van der Waals surface area contributed by atoms with Gasteiger partial charge >= 0.3 is 5.97 Å². The number of nitrogens with zero attached hydrogens (tertiary/aromatic N) is 1. The summed E-state index contributed by atoms with van der Waals surface area (Å²) in [5.74, 6) is -0.514. The molecule has 124 valence electrons. The fourth-order valence-electron chi connectivity index (χ4n) is 2.76. The Labute approximate surface area is 128 Å². The van der Waals surface area contributed by atoms with Crippen LogP contribution in [0.2, 0.25) is 0 Å². The lowest BCUT2D eigenvalue weighted by molar-refractivity contribution is -0.137. The first-order chi connectivity index (χ1) is 9.95. The molecule has 6 nitrogen and oxygen atoms in total. The Hall–Kier alpha value is -0.660. The van der Waals surface area contributed by atoms with Gasteiger partial charge in [0.25, 0.3) is 10.2 Å². The monoisotopic (exact) mass is 320 g/mol. The largest absolute Gasteiger partial charge is 0.481 e. The Bertz CT molecular complexity index is 405. The summed E-state index contributed by atoms with van der Waals surface area (Å²) in [6, 6.07) is 0. The average Bonchev–Trinajstić information content (AvgIpc) is 2.45. The highest BCUT2D eigenvalue weighted by Gasteiger charge is 2.23. The average molecular weight is 320 g/mol. The van der Waals surface area contributed by atoms with Crippen molar-refractivity contribution in [2.45, 2.75) is 58.3 Å². The molecule has 0 aliphatic carbocycles. The second-order valence-corrected chi connectivity index (χ2v) is 7.49. The molecule has 0 spiro atoms. The highest BCUT2D eigenvalue weighted by atomic mass is 32.2. The number of carbonyl (C=O) groups is 1. The van der Waals surface area contributed by atoms with Crippen LogP contribution in [-0.4, -0.2) is 43.4 Å². The van der Waals surface area contributed by atoms with E-state index in [1.165, 1.54) is 4.31 Å². The minimum Gasteiger partial charge on any atom is -0.481 e. The molecule has 1 rings (SSSR count). The van der Waals surface area contributed by atoms with Gasteiger partial charge in [-0.3, -0.25) is 4.79 Å². The van der Waals surface area contributed by atoms with Crippen LogP contribution in [-0.2, 0) is 15.0 Å². The zero-order chi connectivity index (χ0) is 15.7. The molecule has 21 heavy (non-hydrogen) atoms. The molecule has 1 heterocycles. The van der Waals surface area contributed by atoms with Gasteiger partial charge < -0.3 is 5.11 Å². The molecule has 7 heteroatoms. The zero-order valence-electron chi connectivity index (χ0n) is 12.9. The van der Waals surface area contributed by atoms with Crippen molar-refractivity contribution < 1.29 is 18.3 Å². The number of aliphatic carboxylic acids is 1. The van der Waals surface area contributed by atoms with Crippen LogP contribution in [0.5, 0.6) is 0 Å². The quantitative estimate of drug-likeness (QED) is 0.644. The molecular weight excluding hydrogens is 292 g/mol. The zero-order valence-corrected chi connectivity index (χ0v) is 13.7. The van der Waals surface area contributed by atoms with E-state index in [4.69, 9.17) is 5.11 Å². The van der Waals surface area contributed by atoms with Crippen molar-refractivity contribution in [3.8, 4) is 0 Å². The van der Waals surface area contributed by atoms with Crippen LogP contribution in [0.3, 0.4) is 0 Å². The van der Waals surface area contributed by atoms with Gasteiger partial charge in [0.1, 0.15) is 0 Å². The smallest absolute Gasteiger partial charge is 0.303 e. The van der Waals surface area contributed by atoms with Crippen molar-refractivity contribution in [1.29, 1.82) is 0 Å². The van der Waals surface area contributed by atoms with Gasteiger partial charge in [-0.05, 0) is 31.6 Å². The van der Waals surface area contributed by atoms with Crippen LogP contribution < -0.4 is 4.72 Å². The summed E-state index contributed by atoms with van der Waals surface area (Å²) in [4.78, 5) is 10.6. The summed E-state index contributed by atoms with van der Waals surface area (Å²) in [5.41, 5.74) is 0. The van der Waals surface area contributed by atoms with Gasteiger partial charge in [-0.1, -0.05) is 26.2 Å². The van der Waals surface area contributed by atoms with Gasteiger partial charge in [-0.15, -0.1) is 0 Å². The number of hydrogen-bond donors (Lipinski definition) is 2. The molecule has 1 fully saturated rings. The summed E-state index contributed by atoms with van der Waals surface area (Å²) in [6.45, 7) is 3.66. The molecule has 2 N–H and O–H groups in total. The second-order valence-electron chi connectivity index (χ2n) is 5.73. The van der Waals surface area contributed by atoms with Crippen LogP contribution in [0.25, 0.3) is 0 Å². The summed E-state index contributed by atoms with van der Waals surface area (Å²) >= 11 is 0. The fourth-order valence-corrected chi connectivity index (χ4v) is 4.05. The summed E-state index contributed by atoms with van der Waals surface area (Å²) in [7, 11) is -3.36. The van der Waals surface area contributed by atoms with E-state index in [2.05, 4.69) is 11.6 Å². The predicted octanol–water partition coefficient (Wildman–Crippen LogP) is 1.98. The highest BCUT2D eigenvalue weighted by Crippen LogP contribution is 2.18. The van der Waals surface area contributed by atoms with Gasteiger partial charge in [0, 0.05) is 26.1 Å². The third kappa shape index (κ3) is 7.24. The van der Waals surface area contributed by atoms with E-state index < -0.39 is 16.2 Å². The first-order valence-corrected chi connectivity index (χ1v) is 9.36. The van der Waals surface area contributed by atoms with E-state index in [0.717, 1.165) is 32.1 Å². The maximum Gasteiger partial charge on any atom is 0.303 e. The number of rotatable bonds is 10. The van der Waals surface area contributed by atoms with E-state index in [9.17, 15) is 13.2 Å². The normalized spacial score (nSPS) is 18.5. The van der Waals surface area contributed by atoms with Crippen molar-refractivity contribution in [3.63, 3.8) is 0 Å². The Morgan fingerprint density at radius 1 is 1.19 bits per heavy atom. The molecule has 0 aromatic carbocycles. The Balaban J connectivity index is 2.35. The van der Waals surface area contributed by atoms with E-state index >= 15 is 0 Å². The second kappa shape index (κ2) is 9.38. The number of piperidine rings is 1. The highest BCUT2D eigenvalue weighted by molar-refractivity contribution is 7.87. The predicted molar refractivity (Wildman–Crippen MR) is 82.2 cm³/mol. The Kier molecular flexibility index (Phi) is 8.21. The molecular formula is C14H28N2O4S. The van der Waals surface area contributed by atoms with E-state index in [1.54, 1.807) is 0 Å². The van der Waals surface area contributed by atoms with E-state index in [0.29, 0.717) is 32.5 Å². The molecule has 0 amide bonds. The number of carboxylic acids is 1. The molecule has 1 atom stereocenters. The van der Waals surface area contributed by atoms with Crippen molar-refractivity contribution in [2.24, 2.45) is 5.92 Å². The lowest BCUT2D eigenvalue weighted by Crippen LogP contribution is -2.43. The van der Waals surface area contributed by atoms with E-state index in [-0.39, 0.29) is 12.3 Å². The third-order valence-electron chi connectivity index (χ3n) is 3.96. The van der Waals surface area contributed by atoms with Gasteiger partial charge in [0.2, 0.25) is 0 Å². The fraction of sp³-hybridized carbons (Fsp3) is 0.929. The molecule has 0 aromatic rings. The minimum atomic E-state index is -3.36. The summed E-state index contributed by atoms with van der Waals surface area (Å²) < 4.78 is 28.4. The standard InChI is InChI=1S/C14H28N2O4S/c1-2-6-13(7-8-14(17)18)9-10-15-21(19,20)16-11-4-3-5-12-16/h13,15H,2-12H2,1H3,(H,17,18). The van der Waals surface area contributed by atoms with Gasteiger partial charge in [-0.2, -0.15) is 12.7 Å². The van der Waals surface area contributed by atoms with E-state index in [1.807, 2.05) is 0 Å². The van der Waals surface area contributed by atoms with Crippen LogP contribution in [0.1, 0.15) is 58.3 Å². The van der Waals surface area contributed by atoms with Crippen molar-refractivity contribution in [1.82, 2.24) is 9.03 Å².